The number of Topliss-reactive ketones (excluding diaryl/α,β-unsaturated/α-hetero) is 1. The monoisotopic (exact) mass is 247 g/mol. The molecule has 0 atom stereocenters. The van der Waals surface area contributed by atoms with Crippen LogP contribution in [0.5, 0.6) is 0 Å². The Labute approximate surface area is 109 Å². The van der Waals surface area contributed by atoms with Gasteiger partial charge in [0.2, 0.25) is 5.91 Å². The second kappa shape index (κ2) is 7.64. The van der Waals surface area contributed by atoms with E-state index in [9.17, 15) is 9.59 Å². The first-order valence-electron chi connectivity index (χ1n) is 6.55. The highest BCUT2D eigenvalue weighted by Gasteiger charge is 2.11. The largest absolute Gasteiger partial charge is 0.326 e. The zero-order valence-corrected chi connectivity index (χ0v) is 11.2. The first-order valence-corrected chi connectivity index (χ1v) is 6.55. The number of amides is 1. The predicted octanol–water partition coefficient (Wildman–Crippen LogP) is 3.80. The Morgan fingerprint density at radius 1 is 1.11 bits per heavy atom. The maximum absolute atomic E-state index is 12.1. The molecule has 0 spiro atoms. The molecular formula is C15H21NO2. The number of carbonyl (C=O) groups excluding carboxylic acids is 2. The number of ketones is 1. The molecule has 0 saturated carbocycles. The molecule has 0 radical (unpaired) electrons. The molecule has 1 amide bonds. The zero-order chi connectivity index (χ0) is 13.4. The molecule has 1 aromatic carbocycles. The van der Waals surface area contributed by atoms with Gasteiger partial charge in [0.15, 0.2) is 5.78 Å². The fourth-order valence-electron chi connectivity index (χ4n) is 1.87. The van der Waals surface area contributed by atoms with Gasteiger partial charge in [0, 0.05) is 18.9 Å². The molecule has 1 rings (SSSR count). The molecule has 0 unspecified atom stereocenters. The highest BCUT2D eigenvalue weighted by molar-refractivity contribution is 6.04. The van der Waals surface area contributed by atoms with Gasteiger partial charge in [-0.2, -0.15) is 0 Å². The lowest BCUT2D eigenvalue weighted by molar-refractivity contribution is -0.114. The molecule has 0 aliphatic carbocycles. The van der Waals surface area contributed by atoms with Crippen LogP contribution in [0.25, 0.3) is 0 Å². The number of hydrogen-bond acceptors (Lipinski definition) is 2. The maximum atomic E-state index is 12.1. The van der Waals surface area contributed by atoms with E-state index in [0.29, 0.717) is 17.7 Å². The first-order chi connectivity index (χ1) is 8.65. The van der Waals surface area contributed by atoms with Crippen LogP contribution in [0.15, 0.2) is 24.3 Å². The fourth-order valence-corrected chi connectivity index (χ4v) is 1.87. The van der Waals surface area contributed by atoms with E-state index in [4.69, 9.17) is 0 Å². The molecule has 0 bridgehead atoms. The number of rotatable bonds is 7. The lowest BCUT2D eigenvalue weighted by Gasteiger charge is -2.08. The molecule has 0 aliphatic rings. The highest BCUT2D eigenvalue weighted by Crippen LogP contribution is 2.18. The Hall–Kier alpha value is -1.64. The summed E-state index contributed by atoms with van der Waals surface area (Å²) in [5.74, 6) is -0.0447. The van der Waals surface area contributed by atoms with Gasteiger partial charge in [-0.15, -0.1) is 0 Å². The predicted molar refractivity (Wildman–Crippen MR) is 73.8 cm³/mol. The molecule has 1 aromatic rings. The van der Waals surface area contributed by atoms with Crippen LogP contribution in [0.1, 0.15) is 56.3 Å². The van der Waals surface area contributed by atoms with E-state index in [1.54, 1.807) is 12.1 Å². The van der Waals surface area contributed by atoms with Crippen molar-refractivity contribution in [3.05, 3.63) is 29.8 Å². The fraction of sp³-hybridized carbons (Fsp3) is 0.467. The van der Waals surface area contributed by atoms with Gasteiger partial charge >= 0.3 is 0 Å². The van der Waals surface area contributed by atoms with Gasteiger partial charge < -0.3 is 5.32 Å². The third kappa shape index (κ3) is 4.70. The van der Waals surface area contributed by atoms with Crippen LogP contribution in [0.4, 0.5) is 5.69 Å². The molecule has 0 heterocycles. The van der Waals surface area contributed by atoms with E-state index >= 15 is 0 Å². The molecule has 0 aliphatic heterocycles. The third-order valence-corrected chi connectivity index (χ3v) is 2.80. The summed E-state index contributed by atoms with van der Waals surface area (Å²) < 4.78 is 0. The van der Waals surface area contributed by atoms with Crippen molar-refractivity contribution < 1.29 is 9.59 Å². The highest BCUT2D eigenvalue weighted by atomic mass is 16.1. The number of unbranched alkanes of at least 4 members (excludes halogenated alkanes) is 3. The number of anilines is 1. The van der Waals surface area contributed by atoms with Crippen molar-refractivity contribution in [2.45, 2.75) is 46.0 Å². The minimum Gasteiger partial charge on any atom is -0.326 e. The Kier molecular flexibility index (Phi) is 6.12. The van der Waals surface area contributed by atoms with Crippen molar-refractivity contribution in [1.29, 1.82) is 0 Å². The maximum Gasteiger partial charge on any atom is 0.221 e. The molecule has 18 heavy (non-hydrogen) atoms. The summed E-state index contributed by atoms with van der Waals surface area (Å²) in [4.78, 5) is 23.1. The van der Waals surface area contributed by atoms with Crippen LogP contribution >= 0.6 is 0 Å². The Bertz CT molecular complexity index is 413. The van der Waals surface area contributed by atoms with Crippen molar-refractivity contribution in [2.24, 2.45) is 0 Å². The summed E-state index contributed by atoms with van der Waals surface area (Å²) >= 11 is 0. The standard InChI is InChI=1S/C15H21NO2/c1-3-4-5-6-11-15(18)13-9-7-8-10-14(13)16-12(2)17/h7-10H,3-6,11H2,1-2H3,(H,16,17). The van der Waals surface area contributed by atoms with Crippen molar-refractivity contribution >= 4 is 17.4 Å². The van der Waals surface area contributed by atoms with Crippen LogP contribution in [-0.2, 0) is 4.79 Å². The van der Waals surface area contributed by atoms with Crippen molar-refractivity contribution in [1.82, 2.24) is 0 Å². The van der Waals surface area contributed by atoms with E-state index in [1.165, 1.54) is 13.3 Å². The third-order valence-electron chi connectivity index (χ3n) is 2.80. The van der Waals surface area contributed by atoms with Crippen LogP contribution in [0.3, 0.4) is 0 Å². The first kappa shape index (κ1) is 14.4. The van der Waals surface area contributed by atoms with Crippen LogP contribution in [0, 0.1) is 0 Å². The van der Waals surface area contributed by atoms with Crippen LogP contribution in [0.2, 0.25) is 0 Å². The Morgan fingerprint density at radius 2 is 1.83 bits per heavy atom. The summed E-state index contributed by atoms with van der Waals surface area (Å²) in [5, 5.41) is 2.70. The second-order valence-electron chi connectivity index (χ2n) is 4.46. The van der Waals surface area contributed by atoms with E-state index in [2.05, 4.69) is 12.2 Å². The van der Waals surface area contributed by atoms with E-state index < -0.39 is 0 Å². The molecule has 1 N–H and O–H groups in total. The minimum absolute atomic E-state index is 0.107. The van der Waals surface area contributed by atoms with Crippen molar-refractivity contribution in [2.75, 3.05) is 5.32 Å². The summed E-state index contributed by atoms with van der Waals surface area (Å²) in [6.07, 6.45) is 4.89. The zero-order valence-electron chi connectivity index (χ0n) is 11.2. The molecule has 3 nitrogen and oxygen atoms in total. The topological polar surface area (TPSA) is 46.2 Å². The molecule has 0 fully saturated rings. The molecule has 0 saturated heterocycles. The Morgan fingerprint density at radius 3 is 2.50 bits per heavy atom. The lowest BCUT2D eigenvalue weighted by Crippen LogP contribution is -2.10. The van der Waals surface area contributed by atoms with Crippen molar-refractivity contribution in [3.63, 3.8) is 0 Å². The van der Waals surface area contributed by atoms with Crippen LogP contribution in [-0.4, -0.2) is 11.7 Å². The van der Waals surface area contributed by atoms with Crippen LogP contribution < -0.4 is 5.32 Å². The summed E-state index contributed by atoms with van der Waals surface area (Å²) in [6, 6.07) is 7.18. The molecule has 98 valence electrons. The SMILES string of the molecule is CCCCCCC(=O)c1ccccc1NC(C)=O. The van der Waals surface area contributed by atoms with Gasteiger partial charge in [-0.05, 0) is 18.6 Å². The number of para-hydroxylation sites is 1. The van der Waals surface area contributed by atoms with E-state index in [1.807, 2.05) is 12.1 Å². The van der Waals surface area contributed by atoms with Gasteiger partial charge in [-0.1, -0.05) is 38.3 Å². The molecule has 0 aromatic heterocycles. The quantitative estimate of drug-likeness (QED) is 0.588. The number of carbonyl (C=O) groups is 2. The summed E-state index contributed by atoms with van der Waals surface area (Å²) in [5.41, 5.74) is 1.23. The van der Waals surface area contributed by atoms with Gasteiger partial charge in [-0.25, -0.2) is 0 Å². The average molecular weight is 247 g/mol. The molecule has 3 heteroatoms. The normalized spacial score (nSPS) is 10.1. The Balaban J connectivity index is 2.63. The van der Waals surface area contributed by atoms with E-state index in [0.717, 1.165) is 19.3 Å². The lowest BCUT2D eigenvalue weighted by atomic mass is 10.0. The van der Waals surface area contributed by atoms with Gasteiger partial charge in [0.05, 0.1) is 5.69 Å². The average Bonchev–Trinajstić information content (AvgIpc) is 2.34. The second-order valence-corrected chi connectivity index (χ2v) is 4.46. The minimum atomic E-state index is -0.152. The van der Waals surface area contributed by atoms with Gasteiger partial charge in [0.1, 0.15) is 0 Å². The summed E-state index contributed by atoms with van der Waals surface area (Å²) in [6.45, 7) is 3.59. The van der Waals surface area contributed by atoms with Gasteiger partial charge in [-0.3, -0.25) is 9.59 Å². The summed E-state index contributed by atoms with van der Waals surface area (Å²) in [7, 11) is 0. The van der Waals surface area contributed by atoms with Gasteiger partial charge in [0.25, 0.3) is 0 Å². The van der Waals surface area contributed by atoms with Crippen molar-refractivity contribution in [3.8, 4) is 0 Å². The molecular weight excluding hydrogens is 226 g/mol. The number of nitrogens with one attached hydrogen (secondary N) is 1. The number of benzene rings is 1. The number of hydrogen-bond donors (Lipinski definition) is 1. The smallest absolute Gasteiger partial charge is 0.221 e. The van der Waals surface area contributed by atoms with E-state index in [-0.39, 0.29) is 11.7 Å².